The van der Waals surface area contributed by atoms with Crippen molar-refractivity contribution in [1.29, 1.82) is 0 Å². The molecule has 2 heterocycles. The molecule has 0 aliphatic rings. The Hall–Kier alpha value is -6.38. The van der Waals surface area contributed by atoms with Crippen molar-refractivity contribution in [3.8, 4) is 33.6 Å². The Morgan fingerprint density at radius 3 is 1.40 bits per heavy atom. The summed E-state index contributed by atoms with van der Waals surface area (Å²) in [6, 6.07) is 66.3. The summed E-state index contributed by atoms with van der Waals surface area (Å²) in [4.78, 5) is 0. The number of fused-ring (bicyclic) bond motifs is 7. The largest absolute Gasteiger partial charge is 0.309 e. The molecule has 2 nitrogen and oxygen atoms in total. The van der Waals surface area contributed by atoms with Crippen LogP contribution in [0, 0.1) is 0 Å². The quantitative estimate of drug-likeness (QED) is 0.188. The van der Waals surface area contributed by atoms with Crippen LogP contribution in [0.3, 0.4) is 0 Å². The molecule has 0 atom stereocenters. The molecule has 2 heteroatoms. The molecule has 0 N–H and O–H groups in total. The van der Waals surface area contributed by atoms with Crippen LogP contribution in [0.25, 0.3) is 88.0 Å². The van der Waals surface area contributed by atoms with Gasteiger partial charge in [-0.25, -0.2) is 0 Å². The zero-order valence-corrected chi connectivity index (χ0v) is 26.2. The highest BCUT2D eigenvalue weighted by atomic mass is 15.0. The summed E-state index contributed by atoms with van der Waals surface area (Å²) in [5.41, 5.74) is 12.0. The van der Waals surface area contributed by atoms with Crippen LogP contribution >= 0.6 is 0 Å². The highest BCUT2D eigenvalue weighted by Gasteiger charge is 2.17. The summed E-state index contributed by atoms with van der Waals surface area (Å²) < 4.78 is 4.81. The summed E-state index contributed by atoms with van der Waals surface area (Å²) in [6.45, 7) is 0. The smallest absolute Gasteiger partial charge is 0.0547 e. The van der Waals surface area contributed by atoms with E-state index in [2.05, 4.69) is 191 Å². The van der Waals surface area contributed by atoms with E-state index in [0.29, 0.717) is 0 Å². The van der Waals surface area contributed by atoms with Crippen LogP contribution in [0.1, 0.15) is 0 Å². The van der Waals surface area contributed by atoms with Crippen LogP contribution in [-0.2, 0) is 0 Å². The molecule has 2 aromatic heterocycles. The average Bonchev–Trinajstić information content (AvgIpc) is 3.67. The molecule has 10 rings (SSSR count). The van der Waals surface area contributed by atoms with Crippen molar-refractivity contribution >= 4 is 54.4 Å². The predicted octanol–water partition coefficient (Wildman–Crippen LogP) is 12.4. The summed E-state index contributed by atoms with van der Waals surface area (Å²) in [6.07, 6.45) is 0. The molecule has 0 saturated heterocycles. The fourth-order valence-electron chi connectivity index (χ4n) is 7.61. The molecule has 0 unspecified atom stereocenters. The van der Waals surface area contributed by atoms with Gasteiger partial charge in [0.2, 0.25) is 0 Å². The molecule has 0 spiro atoms. The Labute approximate surface area is 278 Å². The minimum absolute atomic E-state index is 1.16. The Balaban J connectivity index is 1.19. The van der Waals surface area contributed by atoms with Gasteiger partial charge in [-0.05, 0) is 93.7 Å². The van der Waals surface area contributed by atoms with E-state index in [9.17, 15) is 0 Å². The average molecular weight is 611 g/mol. The van der Waals surface area contributed by atoms with E-state index in [4.69, 9.17) is 0 Å². The van der Waals surface area contributed by atoms with Gasteiger partial charge in [-0.3, -0.25) is 0 Å². The molecule has 224 valence electrons. The van der Waals surface area contributed by atoms with Gasteiger partial charge in [0.05, 0.1) is 22.1 Å². The van der Waals surface area contributed by atoms with Crippen LogP contribution < -0.4 is 0 Å². The van der Waals surface area contributed by atoms with Gasteiger partial charge in [0, 0.05) is 32.9 Å². The lowest BCUT2D eigenvalue weighted by molar-refractivity contribution is 1.18. The molecule has 0 saturated carbocycles. The van der Waals surface area contributed by atoms with E-state index in [-0.39, 0.29) is 0 Å². The number of benzene rings is 8. The van der Waals surface area contributed by atoms with Gasteiger partial charge in [0.15, 0.2) is 0 Å². The molecule has 0 radical (unpaired) electrons. The second-order valence-corrected chi connectivity index (χ2v) is 12.6. The molecule has 0 fully saturated rings. The third-order valence-electron chi connectivity index (χ3n) is 9.88. The van der Waals surface area contributed by atoms with E-state index < -0.39 is 0 Å². The number of hydrogen-bond acceptors (Lipinski definition) is 0. The van der Waals surface area contributed by atoms with Crippen LogP contribution in [-0.4, -0.2) is 9.13 Å². The van der Waals surface area contributed by atoms with Gasteiger partial charge in [0.25, 0.3) is 0 Å². The standard InChI is InChI=1S/C46H30N2/c1-3-13-37(14-4-1)47-43-18-10-9-17-39(43)40-24-21-35(29-45(40)47)36-22-25-41-42-28-34(33-20-19-31-11-7-8-12-32(31)27-33)23-26-44(42)48(46(41)30-36)38-15-5-2-6-16-38/h1-30H. The maximum Gasteiger partial charge on any atom is 0.0547 e. The second kappa shape index (κ2) is 10.6. The summed E-state index contributed by atoms with van der Waals surface area (Å²) in [5, 5.41) is 7.56. The van der Waals surface area contributed by atoms with E-state index >= 15 is 0 Å². The molecule has 0 aliphatic heterocycles. The van der Waals surface area contributed by atoms with Gasteiger partial charge >= 0.3 is 0 Å². The van der Waals surface area contributed by atoms with Crippen LogP contribution in [0.15, 0.2) is 182 Å². The van der Waals surface area contributed by atoms with Crippen LogP contribution in [0.4, 0.5) is 0 Å². The Morgan fingerprint density at radius 2 is 0.708 bits per heavy atom. The lowest BCUT2D eigenvalue weighted by atomic mass is 9.99. The van der Waals surface area contributed by atoms with Crippen LogP contribution in [0.5, 0.6) is 0 Å². The molecule has 8 aromatic carbocycles. The minimum atomic E-state index is 1.16. The summed E-state index contributed by atoms with van der Waals surface area (Å²) >= 11 is 0. The summed E-state index contributed by atoms with van der Waals surface area (Å²) in [5.74, 6) is 0. The SMILES string of the molecule is c1ccc(-n2c3ccccc3c3ccc(-c4ccc5c6cc(-c7ccc8ccccc8c7)ccc6n(-c6ccccc6)c5c4)cc32)cc1. The highest BCUT2D eigenvalue weighted by Crippen LogP contribution is 2.39. The maximum absolute atomic E-state index is 2.41. The Bertz CT molecular complexity index is 2820. The fraction of sp³-hybridized carbons (Fsp3) is 0. The first-order chi connectivity index (χ1) is 23.8. The lowest BCUT2D eigenvalue weighted by Crippen LogP contribution is -1.94. The third-order valence-corrected chi connectivity index (χ3v) is 9.88. The topological polar surface area (TPSA) is 9.86 Å². The number of para-hydroxylation sites is 3. The van der Waals surface area contributed by atoms with Gasteiger partial charge in [-0.15, -0.1) is 0 Å². The lowest BCUT2D eigenvalue weighted by Gasteiger charge is -2.10. The number of rotatable bonds is 4. The van der Waals surface area contributed by atoms with E-state index in [1.54, 1.807) is 0 Å². The second-order valence-electron chi connectivity index (χ2n) is 12.6. The van der Waals surface area contributed by atoms with Crippen molar-refractivity contribution < 1.29 is 0 Å². The molecule has 0 amide bonds. The zero-order chi connectivity index (χ0) is 31.6. The molecule has 10 aromatic rings. The first kappa shape index (κ1) is 26.8. The van der Waals surface area contributed by atoms with Crippen LogP contribution in [0.2, 0.25) is 0 Å². The van der Waals surface area contributed by atoms with Crippen molar-refractivity contribution in [2.45, 2.75) is 0 Å². The van der Waals surface area contributed by atoms with Gasteiger partial charge in [-0.1, -0.05) is 121 Å². The predicted molar refractivity (Wildman–Crippen MR) is 203 cm³/mol. The zero-order valence-electron chi connectivity index (χ0n) is 26.2. The van der Waals surface area contributed by atoms with E-state index in [0.717, 1.165) is 5.69 Å². The van der Waals surface area contributed by atoms with Crippen molar-refractivity contribution in [3.63, 3.8) is 0 Å². The molecular formula is C46H30N2. The maximum atomic E-state index is 2.41. The van der Waals surface area contributed by atoms with Crippen molar-refractivity contribution in [2.75, 3.05) is 0 Å². The van der Waals surface area contributed by atoms with E-state index in [1.807, 2.05) is 0 Å². The number of aromatic nitrogens is 2. The Kier molecular flexibility index (Phi) is 5.91. The Morgan fingerprint density at radius 1 is 0.250 bits per heavy atom. The molecular weight excluding hydrogens is 581 g/mol. The van der Waals surface area contributed by atoms with Gasteiger partial charge in [-0.2, -0.15) is 0 Å². The third kappa shape index (κ3) is 4.13. The van der Waals surface area contributed by atoms with Gasteiger partial charge in [0.1, 0.15) is 0 Å². The first-order valence-corrected chi connectivity index (χ1v) is 16.5. The van der Waals surface area contributed by atoms with Gasteiger partial charge < -0.3 is 9.13 Å². The highest BCUT2D eigenvalue weighted by molar-refractivity contribution is 6.13. The minimum Gasteiger partial charge on any atom is -0.309 e. The molecule has 48 heavy (non-hydrogen) atoms. The fourth-order valence-corrected chi connectivity index (χ4v) is 7.61. The monoisotopic (exact) mass is 610 g/mol. The number of nitrogens with zero attached hydrogens (tertiary/aromatic N) is 2. The normalized spacial score (nSPS) is 11.8. The molecule has 0 aliphatic carbocycles. The van der Waals surface area contributed by atoms with Crippen molar-refractivity contribution in [3.05, 3.63) is 182 Å². The van der Waals surface area contributed by atoms with Crippen molar-refractivity contribution in [2.24, 2.45) is 0 Å². The number of hydrogen-bond donors (Lipinski definition) is 0. The van der Waals surface area contributed by atoms with Crippen molar-refractivity contribution in [1.82, 2.24) is 9.13 Å². The van der Waals surface area contributed by atoms with E-state index in [1.165, 1.54) is 82.3 Å². The molecule has 0 bridgehead atoms. The first-order valence-electron chi connectivity index (χ1n) is 16.5. The summed E-state index contributed by atoms with van der Waals surface area (Å²) in [7, 11) is 0.